The van der Waals surface area contributed by atoms with Crippen LogP contribution in [0, 0.1) is 0 Å². The van der Waals surface area contributed by atoms with E-state index in [9.17, 15) is 39.6 Å². The molecule has 0 saturated heterocycles. The Hall–Kier alpha value is -5.44. The van der Waals surface area contributed by atoms with Crippen LogP contribution >= 0.6 is 0 Å². The molecule has 0 bridgehead atoms. The Morgan fingerprint density at radius 3 is 0.979 bits per heavy atom. The number of benzene rings is 1. The Kier molecular flexibility index (Phi) is 25.5. The second-order valence-corrected chi connectivity index (χ2v) is 7.97. The number of rotatable bonds is 8. The number of carbonyl (C=O) groups is 4. The number of carboxylic acids is 4. The van der Waals surface area contributed by atoms with Crippen molar-refractivity contribution in [2.24, 2.45) is 0 Å². The van der Waals surface area contributed by atoms with Crippen LogP contribution in [0.4, 0.5) is 0 Å². The van der Waals surface area contributed by atoms with Crippen molar-refractivity contribution in [1.29, 1.82) is 0 Å². The maximum Gasteiger partial charge on any atom is 2.00 e. The van der Waals surface area contributed by atoms with Gasteiger partial charge in [-0.1, -0.05) is 36.4 Å². The molecule has 4 heterocycles. The van der Waals surface area contributed by atoms with Crippen molar-refractivity contribution < 1.29 is 95.6 Å². The number of carbonyl (C=O) groups excluding carboxylic acids is 4. The topological polar surface area (TPSA) is 374 Å². The average Bonchev–Trinajstić information content (AvgIpc) is 3.70. The maximum absolute atomic E-state index is 10.2. The molecule has 5 aromatic rings. The fourth-order valence-corrected chi connectivity index (χ4v) is 3.08. The molecule has 0 unspecified atom stereocenters. The SMILES string of the molecule is O.O.O.O.O=C([O-])c1cccc(C(=O)[O-])n1.O=C([O-])c1cccc(C(=O)[O-])n1.[Cu+2].[Cu+2].c1ncn(Cc2ccc(Cn3cncn3)cc2)n1. The van der Waals surface area contributed by atoms with Crippen LogP contribution in [0.15, 0.2) is 86.0 Å². The van der Waals surface area contributed by atoms with E-state index in [-0.39, 0.29) is 56.0 Å². The normalized spacial score (nSPS) is 8.67. The standard InChI is InChI=1S/C12H12N6.2C7H5NO4.2Cu.4H2O/c1-2-12(6-18-10-14-8-16-18)4-3-11(1)5-17-9-13-7-15-17;2*9-6(10)4-2-1-3-5(8-4)7(11)12;;;;;;/h1-4,7-10H,5-6H2;2*1-3H,(H,9,10)(H,11,12);;;4*1H2/q;;;2*+2;;;;/p-4. The van der Waals surface area contributed by atoms with E-state index >= 15 is 0 Å². The van der Waals surface area contributed by atoms with E-state index in [0.717, 1.165) is 37.4 Å². The smallest absolute Gasteiger partial charge is 0.543 e. The molecule has 0 aliphatic heterocycles. The fraction of sp³-hybridized carbons (Fsp3) is 0.0769. The molecule has 0 amide bonds. The van der Waals surface area contributed by atoms with Crippen LogP contribution in [0.5, 0.6) is 0 Å². The van der Waals surface area contributed by atoms with Gasteiger partial charge in [0.2, 0.25) is 0 Å². The first-order valence-corrected chi connectivity index (χ1v) is 11.6. The quantitative estimate of drug-likeness (QED) is 0.132. The van der Waals surface area contributed by atoms with E-state index in [1.807, 2.05) is 0 Å². The van der Waals surface area contributed by atoms with Crippen molar-refractivity contribution >= 4 is 23.9 Å². The number of nitrogens with zero attached hydrogens (tertiary/aromatic N) is 8. The Morgan fingerprint density at radius 1 is 0.500 bits per heavy atom. The minimum Gasteiger partial charge on any atom is -0.543 e. The summed E-state index contributed by atoms with van der Waals surface area (Å²) < 4.78 is 3.60. The van der Waals surface area contributed by atoms with Gasteiger partial charge in [0.05, 0.1) is 59.7 Å². The molecule has 1 aromatic carbocycles. The minimum absolute atomic E-state index is 0. The summed E-state index contributed by atoms with van der Waals surface area (Å²) in [6.07, 6.45) is 6.50. The summed E-state index contributed by atoms with van der Waals surface area (Å²) in [5.74, 6) is -6.06. The van der Waals surface area contributed by atoms with Crippen LogP contribution in [0.3, 0.4) is 0 Å². The number of hydrogen-bond donors (Lipinski definition) is 0. The molecule has 0 atom stereocenters. The molecule has 5 rings (SSSR count). The zero-order valence-corrected chi connectivity index (χ0v) is 25.8. The van der Waals surface area contributed by atoms with Crippen LogP contribution in [-0.2, 0) is 47.2 Å². The Labute approximate surface area is 291 Å². The van der Waals surface area contributed by atoms with E-state index < -0.39 is 46.7 Å². The average molecular weight is 770 g/mol. The summed E-state index contributed by atoms with van der Waals surface area (Å²) in [6, 6.07) is 15.4. The number of carboxylic acid groups (broad SMARTS) is 4. The summed E-state index contributed by atoms with van der Waals surface area (Å²) >= 11 is 0. The van der Waals surface area contributed by atoms with Crippen LogP contribution in [-0.4, -0.2) is 85.3 Å². The van der Waals surface area contributed by atoms with E-state index in [1.165, 1.54) is 23.3 Å². The van der Waals surface area contributed by atoms with E-state index in [1.54, 1.807) is 34.7 Å². The first-order chi connectivity index (χ1) is 20.1. The first kappa shape index (κ1) is 49.4. The van der Waals surface area contributed by atoms with Gasteiger partial charge in [-0.2, -0.15) is 10.2 Å². The molecule has 0 spiro atoms. The minimum atomic E-state index is -1.52. The van der Waals surface area contributed by atoms with Gasteiger partial charge in [-0.3, -0.25) is 0 Å². The third kappa shape index (κ3) is 16.2. The molecular formula is C26H26Cu2N8O12. The third-order valence-corrected chi connectivity index (χ3v) is 4.98. The van der Waals surface area contributed by atoms with Gasteiger partial charge >= 0.3 is 34.1 Å². The summed E-state index contributed by atoms with van der Waals surface area (Å²) in [5, 5.41) is 48.9. The van der Waals surface area contributed by atoms with Crippen molar-refractivity contribution in [3.8, 4) is 0 Å². The largest absolute Gasteiger partial charge is 2.00 e. The number of hydrogen-bond acceptors (Lipinski definition) is 14. The summed E-state index contributed by atoms with van der Waals surface area (Å²) in [5.41, 5.74) is 0.715. The molecule has 20 nitrogen and oxygen atoms in total. The molecule has 0 saturated carbocycles. The zero-order valence-electron chi connectivity index (χ0n) is 23.9. The molecule has 2 radical (unpaired) electrons. The van der Waals surface area contributed by atoms with E-state index in [4.69, 9.17) is 0 Å². The Balaban J connectivity index is -0.000000293. The molecule has 48 heavy (non-hydrogen) atoms. The molecular weight excluding hydrogens is 743 g/mol. The summed E-state index contributed by atoms with van der Waals surface area (Å²) in [7, 11) is 0. The first-order valence-electron chi connectivity index (χ1n) is 11.6. The summed E-state index contributed by atoms with van der Waals surface area (Å²) in [6.45, 7) is 1.48. The van der Waals surface area contributed by atoms with Crippen molar-refractivity contribution in [2.45, 2.75) is 13.1 Å². The van der Waals surface area contributed by atoms with Crippen LogP contribution in [0.1, 0.15) is 53.1 Å². The van der Waals surface area contributed by atoms with Gasteiger partial charge in [0, 0.05) is 0 Å². The van der Waals surface area contributed by atoms with Gasteiger partial charge in [-0.25, -0.2) is 29.3 Å². The maximum atomic E-state index is 10.2. The monoisotopic (exact) mass is 768 g/mol. The van der Waals surface area contributed by atoms with Gasteiger partial charge < -0.3 is 61.5 Å². The van der Waals surface area contributed by atoms with Crippen LogP contribution in [0.25, 0.3) is 0 Å². The Morgan fingerprint density at radius 2 is 0.771 bits per heavy atom. The van der Waals surface area contributed by atoms with Crippen LogP contribution < -0.4 is 20.4 Å². The van der Waals surface area contributed by atoms with Gasteiger partial charge in [0.1, 0.15) is 25.3 Å². The molecule has 0 aliphatic rings. The van der Waals surface area contributed by atoms with Crippen molar-refractivity contribution in [3.63, 3.8) is 0 Å². The van der Waals surface area contributed by atoms with Gasteiger partial charge in [-0.15, -0.1) is 0 Å². The van der Waals surface area contributed by atoms with Gasteiger partial charge in [0.15, 0.2) is 0 Å². The predicted molar refractivity (Wildman–Crippen MR) is 145 cm³/mol. The molecule has 264 valence electrons. The molecule has 4 aromatic heterocycles. The number of aromatic nitrogens is 8. The zero-order chi connectivity index (χ0) is 30.5. The Bertz CT molecular complexity index is 1480. The van der Waals surface area contributed by atoms with Crippen molar-refractivity contribution in [3.05, 3.63) is 120 Å². The second kappa shape index (κ2) is 24.7. The molecule has 0 fully saturated rings. The van der Waals surface area contributed by atoms with Gasteiger partial charge in [-0.05, 0) is 35.4 Å². The summed E-state index contributed by atoms with van der Waals surface area (Å²) in [4.78, 5) is 55.1. The second-order valence-electron chi connectivity index (χ2n) is 7.97. The van der Waals surface area contributed by atoms with Crippen LogP contribution in [0.2, 0.25) is 0 Å². The molecule has 8 N–H and O–H groups in total. The number of aromatic carboxylic acids is 4. The number of pyridine rings is 2. The fourth-order valence-electron chi connectivity index (χ4n) is 3.08. The van der Waals surface area contributed by atoms with Crippen molar-refractivity contribution in [1.82, 2.24) is 39.5 Å². The van der Waals surface area contributed by atoms with Crippen molar-refractivity contribution in [2.75, 3.05) is 0 Å². The van der Waals surface area contributed by atoms with Gasteiger partial charge in [0.25, 0.3) is 0 Å². The van der Waals surface area contributed by atoms with E-state index in [2.05, 4.69) is 54.4 Å². The third-order valence-electron chi connectivity index (χ3n) is 4.98. The molecule has 0 aliphatic carbocycles. The molecule has 22 heteroatoms. The van der Waals surface area contributed by atoms with E-state index in [0.29, 0.717) is 0 Å². The predicted octanol–water partition coefficient (Wildman–Crippen LogP) is -6.72.